The Labute approximate surface area is 114 Å². The number of pyridine rings is 1. The summed E-state index contributed by atoms with van der Waals surface area (Å²) in [7, 11) is 0. The molecule has 4 heteroatoms. The number of benzene rings is 2. The first kappa shape index (κ1) is 12.3. The number of carboxylic acids is 1. The number of hydrogen-bond donors (Lipinski definition) is 1. The van der Waals surface area contributed by atoms with Crippen LogP contribution in [-0.4, -0.2) is 16.1 Å². The Morgan fingerprint density at radius 1 is 1.10 bits per heavy atom. The largest absolute Gasteiger partial charge is 0.478 e. The Hall–Kier alpha value is -2.75. The minimum atomic E-state index is -1.08. The van der Waals surface area contributed by atoms with Crippen molar-refractivity contribution in [3.63, 3.8) is 0 Å². The van der Waals surface area contributed by atoms with Gasteiger partial charge in [-0.3, -0.25) is 4.98 Å². The van der Waals surface area contributed by atoms with E-state index in [0.29, 0.717) is 5.56 Å². The summed E-state index contributed by atoms with van der Waals surface area (Å²) in [5.41, 5.74) is 1.67. The van der Waals surface area contributed by atoms with Crippen molar-refractivity contribution in [2.75, 3.05) is 0 Å². The quantitative estimate of drug-likeness (QED) is 0.769. The Balaban J connectivity index is 2.19. The highest BCUT2D eigenvalue weighted by atomic mass is 19.1. The summed E-state index contributed by atoms with van der Waals surface area (Å²) in [6, 6.07) is 12.8. The fourth-order valence-corrected chi connectivity index (χ4v) is 2.11. The van der Waals surface area contributed by atoms with Crippen molar-refractivity contribution in [2.24, 2.45) is 0 Å². The van der Waals surface area contributed by atoms with Crippen LogP contribution in [-0.2, 0) is 0 Å². The van der Waals surface area contributed by atoms with Crippen molar-refractivity contribution in [1.29, 1.82) is 0 Å². The van der Waals surface area contributed by atoms with Gasteiger partial charge in [0.2, 0.25) is 0 Å². The van der Waals surface area contributed by atoms with E-state index in [9.17, 15) is 9.18 Å². The fraction of sp³-hybridized carbons (Fsp3) is 0. The number of nitrogens with zero attached hydrogens (tertiary/aromatic N) is 1. The number of halogens is 1. The summed E-state index contributed by atoms with van der Waals surface area (Å²) in [6.07, 6.45) is 1.66. The number of carboxylic acid groups (broad SMARTS) is 1. The van der Waals surface area contributed by atoms with Crippen LogP contribution in [0.15, 0.2) is 54.7 Å². The lowest BCUT2D eigenvalue weighted by Gasteiger charge is -2.06. The maximum absolute atomic E-state index is 13.9. The van der Waals surface area contributed by atoms with E-state index in [4.69, 9.17) is 5.11 Å². The molecule has 3 rings (SSSR count). The zero-order valence-electron chi connectivity index (χ0n) is 10.4. The molecule has 3 nitrogen and oxygen atoms in total. The lowest BCUT2D eigenvalue weighted by Crippen LogP contribution is -1.97. The van der Waals surface area contributed by atoms with E-state index in [2.05, 4.69) is 4.98 Å². The highest BCUT2D eigenvalue weighted by Crippen LogP contribution is 2.26. The summed E-state index contributed by atoms with van der Waals surface area (Å²) < 4.78 is 13.9. The van der Waals surface area contributed by atoms with Gasteiger partial charge in [0, 0.05) is 17.1 Å². The van der Waals surface area contributed by atoms with Crippen molar-refractivity contribution < 1.29 is 14.3 Å². The van der Waals surface area contributed by atoms with Crippen molar-refractivity contribution in [1.82, 2.24) is 4.98 Å². The second-order valence-corrected chi connectivity index (χ2v) is 4.41. The molecule has 0 radical (unpaired) electrons. The van der Waals surface area contributed by atoms with Gasteiger partial charge in [-0.2, -0.15) is 0 Å². The zero-order valence-corrected chi connectivity index (χ0v) is 10.4. The average Bonchev–Trinajstić information content (AvgIpc) is 2.47. The van der Waals surface area contributed by atoms with E-state index >= 15 is 0 Å². The van der Waals surface area contributed by atoms with Gasteiger partial charge in [-0.1, -0.05) is 18.2 Å². The zero-order chi connectivity index (χ0) is 14.1. The topological polar surface area (TPSA) is 50.2 Å². The Bertz CT molecular complexity index is 814. The predicted octanol–water partition coefficient (Wildman–Crippen LogP) is 3.74. The first-order chi connectivity index (χ1) is 9.65. The molecular formula is C16H10FNO2. The summed E-state index contributed by atoms with van der Waals surface area (Å²) >= 11 is 0. The molecule has 1 heterocycles. The Kier molecular flexibility index (Phi) is 2.91. The van der Waals surface area contributed by atoms with Gasteiger partial charge in [0.25, 0.3) is 0 Å². The molecule has 0 aliphatic rings. The number of aromatic nitrogens is 1. The number of carbonyl (C=O) groups is 1. The summed E-state index contributed by atoms with van der Waals surface area (Å²) in [4.78, 5) is 15.2. The third kappa shape index (κ3) is 2.12. The molecule has 0 spiro atoms. The second-order valence-electron chi connectivity index (χ2n) is 4.41. The predicted molar refractivity (Wildman–Crippen MR) is 74.1 cm³/mol. The average molecular weight is 267 g/mol. The van der Waals surface area contributed by atoms with Gasteiger partial charge < -0.3 is 5.11 Å². The molecule has 0 unspecified atom stereocenters. The van der Waals surface area contributed by atoms with E-state index in [1.165, 1.54) is 18.2 Å². The van der Waals surface area contributed by atoms with Crippen LogP contribution >= 0.6 is 0 Å². The minimum Gasteiger partial charge on any atom is -0.478 e. The second kappa shape index (κ2) is 4.74. The van der Waals surface area contributed by atoms with Gasteiger partial charge in [0.1, 0.15) is 5.82 Å². The van der Waals surface area contributed by atoms with E-state index in [1.807, 2.05) is 18.2 Å². The molecule has 0 amide bonds. The number of fused-ring (bicyclic) bond motifs is 1. The van der Waals surface area contributed by atoms with Crippen LogP contribution in [0.25, 0.3) is 22.0 Å². The molecule has 0 bridgehead atoms. The van der Waals surface area contributed by atoms with E-state index in [-0.39, 0.29) is 11.1 Å². The normalized spacial score (nSPS) is 10.7. The monoisotopic (exact) mass is 267 g/mol. The van der Waals surface area contributed by atoms with Crippen molar-refractivity contribution >= 4 is 16.9 Å². The molecule has 20 heavy (non-hydrogen) atoms. The molecule has 0 saturated carbocycles. The van der Waals surface area contributed by atoms with Crippen molar-refractivity contribution in [2.45, 2.75) is 0 Å². The summed E-state index contributed by atoms with van der Waals surface area (Å²) in [5.74, 6) is -1.53. The van der Waals surface area contributed by atoms with Crippen LogP contribution < -0.4 is 0 Å². The fourth-order valence-electron chi connectivity index (χ4n) is 2.11. The lowest BCUT2D eigenvalue weighted by atomic mass is 10.0. The number of hydrogen-bond acceptors (Lipinski definition) is 2. The molecule has 3 aromatic rings. The Morgan fingerprint density at radius 2 is 1.95 bits per heavy atom. The van der Waals surface area contributed by atoms with Gasteiger partial charge in [-0.05, 0) is 35.9 Å². The van der Waals surface area contributed by atoms with Crippen LogP contribution in [0.1, 0.15) is 10.4 Å². The van der Waals surface area contributed by atoms with E-state index in [1.54, 1.807) is 18.3 Å². The lowest BCUT2D eigenvalue weighted by molar-refractivity contribution is 0.0697. The van der Waals surface area contributed by atoms with Crippen LogP contribution in [0.2, 0.25) is 0 Å². The van der Waals surface area contributed by atoms with Gasteiger partial charge in [0.05, 0.1) is 11.1 Å². The standard InChI is InChI=1S/C16H10FNO2/c17-14-6-5-12(16(19)20)8-13(14)11-4-3-10-2-1-7-18-15(10)9-11/h1-9H,(H,19,20). The molecule has 0 aliphatic carbocycles. The van der Waals surface area contributed by atoms with Crippen molar-refractivity contribution in [3.8, 4) is 11.1 Å². The number of aromatic carboxylic acids is 1. The Morgan fingerprint density at radius 3 is 2.75 bits per heavy atom. The molecule has 2 aromatic carbocycles. The van der Waals surface area contributed by atoms with E-state index < -0.39 is 11.8 Å². The first-order valence-electron chi connectivity index (χ1n) is 6.03. The molecular weight excluding hydrogens is 257 g/mol. The minimum absolute atomic E-state index is 0.0579. The molecule has 0 fully saturated rings. The summed E-state index contributed by atoms with van der Waals surface area (Å²) in [6.45, 7) is 0. The SMILES string of the molecule is O=C(O)c1ccc(F)c(-c2ccc3cccnc3c2)c1. The van der Waals surface area contributed by atoms with Crippen LogP contribution in [0.5, 0.6) is 0 Å². The highest BCUT2D eigenvalue weighted by Gasteiger charge is 2.10. The van der Waals surface area contributed by atoms with Gasteiger partial charge in [0.15, 0.2) is 0 Å². The summed E-state index contributed by atoms with van der Waals surface area (Å²) in [5, 5.41) is 9.93. The van der Waals surface area contributed by atoms with Crippen LogP contribution in [0, 0.1) is 5.82 Å². The molecule has 0 atom stereocenters. The van der Waals surface area contributed by atoms with Gasteiger partial charge >= 0.3 is 5.97 Å². The molecule has 1 aromatic heterocycles. The third-order valence-electron chi connectivity index (χ3n) is 3.13. The maximum Gasteiger partial charge on any atom is 0.335 e. The smallest absolute Gasteiger partial charge is 0.335 e. The van der Waals surface area contributed by atoms with Crippen LogP contribution in [0.3, 0.4) is 0 Å². The van der Waals surface area contributed by atoms with Gasteiger partial charge in [-0.25, -0.2) is 9.18 Å². The van der Waals surface area contributed by atoms with Crippen LogP contribution in [0.4, 0.5) is 4.39 Å². The molecule has 1 N–H and O–H groups in total. The molecule has 0 aliphatic heterocycles. The highest BCUT2D eigenvalue weighted by molar-refractivity contribution is 5.90. The number of rotatable bonds is 2. The molecule has 0 saturated heterocycles. The maximum atomic E-state index is 13.9. The van der Waals surface area contributed by atoms with Gasteiger partial charge in [-0.15, -0.1) is 0 Å². The van der Waals surface area contributed by atoms with Crippen molar-refractivity contribution in [3.05, 3.63) is 66.1 Å². The first-order valence-corrected chi connectivity index (χ1v) is 6.03. The third-order valence-corrected chi connectivity index (χ3v) is 3.13. The van der Waals surface area contributed by atoms with E-state index in [0.717, 1.165) is 10.9 Å². The molecule has 98 valence electrons.